The van der Waals surface area contributed by atoms with Gasteiger partial charge in [0, 0.05) is 23.5 Å². The monoisotopic (exact) mass is 234 g/mol. The number of carbonyl (C=O) groups excluding carboxylic acids is 1. The number of halogens is 1. The number of nitrogens with two attached hydrogens (primary N) is 1. The fourth-order valence-corrected chi connectivity index (χ4v) is 1.47. The Bertz CT molecular complexity index is 485. The van der Waals surface area contributed by atoms with Gasteiger partial charge in [0.1, 0.15) is 0 Å². The van der Waals surface area contributed by atoms with Crippen molar-refractivity contribution in [3.05, 3.63) is 54.4 Å². The van der Waals surface area contributed by atoms with Crippen LogP contribution in [0.3, 0.4) is 0 Å². The van der Waals surface area contributed by atoms with Crippen LogP contribution in [0.25, 0.3) is 11.1 Å². The summed E-state index contributed by atoms with van der Waals surface area (Å²) in [7, 11) is 0. The van der Waals surface area contributed by atoms with Gasteiger partial charge in [0.25, 0.3) is 0 Å². The first kappa shape index (κ1) is 12.2. The van der Waals surface area contributed by atoms with Gasteiger partial charge in [-0.15, -0.1) is 12.4 Å². The molecule has 0 fully saturated rings. The summed E-state index contributed by atoms with van der Waals surface area (Å²) in [6, 6.07) is 11.0. The minimum atomic E-state index is -0.422. The van der Waals surface area contributed by atoms with Gasteiger partial charge in [0.2, 0.25) is 5.91 Å². The molecular weight excluding hydrogens is 224 g/mol. The Kier molecular flexibility index (Phi) is 4.03. The molecule has 0 unspecified atom stereocenters. The molecular formula is C12H11ClN2O. The van der Waals surface area contributed by atoms with Crippen molar-refractivity contribution in [2.24, 2.45) is 5.73 Å². The Hall–Kier alpha value is -1.87. The number of carbonyl (C=O) groups is 1. The van der Waals surface area contributed by atoms with E-state index in [0.29, 0.717) is 5.56 Å². The molecule has 82 valence electrons. The van der Waals surface area contributed by atoms with Gasteiger partial charge in [-0.2, -0.15) is 0 Å². The van der Waals surface area contributed by atoms with Crippen LogP contribution >= 0.6 is 12.4 Å². The zero-order valence-electron chi connectivity index (χ0n) is 8.46. The van der Waals surface area contributed by atoms with E-state index in [2.05, 4.69) is 4.98 Å². The standard InChI is InChI=1S/C12H10N2O.ClH/c13-12(15)11-6-2-1-5-10(11)9-4-3-7-14-8-9;/h1-8H,(H2,13,15);1H. The lowest BCUT2D eigenvalue weighted by atomic mass is 10.0. The highest BCUT2D eigenvalue weighted by Gasteiger charge is 2.08. The van der Waals surface area contributed by atoms with Crippen molar-refractivity contribution in [3.63, 3.8) is 0 Å². The van der Waals surface area contributed by atoms with Gasteiger partial charge in [0.15, 0.2) is 0 Å². The summed E-state index contributed by atoms with van der Waals surface area (Å²) >= 11 is 0. The summed E-state index contributed by atoms with van der Waals surface area (Å²) in [5, 5.41) is 0. The van der Waals surface area contributed by atoms with E-state index >= 15 is 0 Å². The van der Waals surface area contributed by atoms with E-state index in [-0.39, 0.29) is 12.4 Å². The second-order valence-corrected chi connectivity index (χ2v) is 3.15. The Morgan fingerprint density at radius 2 is 1.88 bits per heavy atom. The van der Waals surface area contributed by atoms with Gasteiger partial charge >= 0.3 is 0 Å². The van der Waals surface area contributed by atoms with Crippen molar-refractivity contribution < 1.29 is 4.79 Å². The molecule has 0 radical (unpaired) electrons. The molecule has 0 saturated heterocycles. The van der Waals surface area contributed by atoms with Crippen LogP contribution in [-0.4, -0.2) is 10.9 Å². The van der Waals surface area contributed by atoms with Crippen LogP contribution in [0, 0.1) is 0 Å². The van der Waals surface area contributed by atoms with Gasteiger partial charge in [-0.1, -0.05) is 24.3 Å². The lowest BCUT2D eigenvalue weighted by Gasteiger charge is -2.05. The number of hydrogen-bond donors (Lipinski definition) is 1. The van der Waals surface area contributed by atoms with E-state index in [0.717, 1.165) is 11.1 Å². The Morgan fingerprint density at radius 1 is 1.12 bits per heavy atom. The zero-order valence-corrected chi connectivity index (χ0v) is 9.28. The SMILES string of the molecule is Cl.NC(=O)c1ccccc1-c1cccnc1. The average molecular weight is 235 g/mol. The maximum absolute atomic E-state index is 11.2. The van der Waals surface area contributed by atoms with Crippen LogP contribution in [0.5, 0.6) is 0 Å². The molecule has 1 aromatic carbocycles. The van der Waals surface area contributed by atoms with Gasteiger partial charge < -0.3 is 5.73 Å². The highest BCUT2D eigenvalue weighted by atomic mass is 35.5. The molecule has 0 bridgehead atoms. The fraction of sp³-hybridized carbons (Fsp3) is 0. The molecule has 1 heterocycles. The number of hydrogen-bond acceptors (Lipinski definition) is 2. The smallest absolute Gasteiger partial charge is 0.249 e. The Morgan fingerprint density at radius 3 is 2.50 bits per heavy atom. The summed E-state index contributed by atoms with van der Waals surface area (Å²) in [5.41, 5.74) is 7.52. The van der Waals surface area contributed by atoms with Crippen LogP contribution < -0.4 is 5.73 Å². The van der Waals surface area contributed by atoms with Crippen molar-refractivity contribution in [2.75, 3.05) is 0 Å². The summed E-state index contributed by atoms with van der Waals surface area (Å²) in [6.07, 6.45) is 3.40. The molecule has 0 spiro atoms. The molecule has 0 saturated carbocycles. The first-order chi connectivity index (χ1) is 7.29. The highest BCUT2D eigenvalue weighted by molar-refractivity contribution is 5.99. The molecule has 2 aromatic rings. The summed E-state index contributed by atoms with van der Waals surface area (Å²) in [5.74, 6) is -0.422. The van der Waals surface area contributed by atoms with E-state index < -0.39 is 5.91 Å². The number of benzene rings is 1. The van der Waals surface area contributed by atoms with Crippen molar-refractivity contribution >= 4 is 18.3 Å². The zero-order chi connectivity index (χ0) is 10.7. The lowest BCUT2D eigenvalue weighted by molar-refractivity contribution is 0.100. The number of amides is 1. The van der Waals surface area contributed by atoms with E-state index in [1.54, 1.807) is 24.5 Å². The lowest BCUT2D eigenvalue weighted by Crippen LogP contribution is -2.12. The predicted molar refractivity (Wildman–Crippen MR) is 65.4 cm³/mol. The van der Waals surface area contributed by atoms with Crippen LogP contribution in [0.15, 0.2) is 48.8 Å². The molecule has 0 aliphatic carbocycles. The molecule has 0 aliphatic rings. The third-order valence-electron chi connectivity index (χ3n) is 2.17. The van der Waals surface area contributed by atoms with E-state index in [1.165, 1.54) is 0 Å². The fourth-order valence-electron chi connectivity index (χ4n) is 1.47. The Labute approximate surface area is 99.7 Å². The molecule has 4 heteroatoms. The van der Waals surface area contributed by atoms with Crippen LogP contribution in [0.1, 0.15) is 10.4 Å². The number of pyridine rings is 1. The normalized spacial score (nSPS) is 9.25. The number of aromatic nitrogens is 1. The molecule has 2 N–H and O–H groups in total. The molecule has 16 heavy (non-hydrogen) atoms. The number of primary amides is 1. The third-order valence-corrected chi connectivity index (χ3v) is 2.17. The summed E-state index contributed by atoms with van der Waals surface area (Å²) < 4.78 is 0. The molecule has 1 aromatic heterocycles. The molecule has 0 aliphatic heterocycles. The average Bonchev–Trinajstić information content (AvgIpc) is 2.30. The van der Waals surface area contributed by atoms with Gasteiger partial charge in [-0.3, -0.25) is 9.78 Å². The minimum absolute atomic E-state index is 0. The van der Waals surface area contributed by atoms with Crippen LogP contribution in [-0.2, 0) is 0 Å². The largest absolute Gasteiger partial charge is 0.366 e. The van der Waals surface area contributed by atoms with Crippen LogP contribution in [0.4, 0.5) is 0 Å². The van der Waals surface area contributed by atoms with Crippen molar-refractivity contribution in [1.82, 2.24) is 4.98 Å². The molecule has 2 rings (SSSR count). The first-order valence-electron chi connectivity index (χ1n) is 4.58. The first-order valence-corrected chi connectivity index (χ1v) is 4.58. The van der Waals surface area contributed by atoms with Crippen molar-refractivity contribution in [2.45, 2.75) is 0 Å². The van der Waals surface area contributed by atoms with E-state index in [4.69, 9.17) is 5.73 Å². The maximum atomic E-state index is 11.2. The van der Waals surface area contributed by atoms with Crippen LogP contribution in [0.2, 0.25) is 0 Å². The topological polar surface area (TPSA) is 56.0 Å². The molecule has 0 atom stereocenters. The quantitative estimate of drug-likeness (QED) is 0.867. The minimum Gasteiger partial charge on any atom is -0.366 e. The van der Waals surface area contributed by atoms with Gasteiger partial charge in [-0.05, 0) is 17.7 Å². The third kappa shape index (κ3) is 2.38. The Balaban J connectivity index is 0.00000128. The molecule has 3 nitrogen and oxygen atoms in total. The molecule has 1 amide bonds. The highest BCUT2D eigenvalue weighted by Crippen LogP contribution is 2.21. The second kappa shape index (κ2) is 5.28. The second-order valence-electron chi connectivity index (χ2n) is 3.15. The summed E-state index contributed by atoms with van der Waals surface area (Å²) in [6.45, 7) is 0. The van der Waals surface area contributed by atoms with E-state index in [9.17, 15) is 4.79 Å². The van der Waals surface area contributed by atoms with Crippen molar-refractivity contribution in [3.8, 4) is 11.1 Å². The maximum Gasteiger partial charge on any atom is 0.249 e. The van der Waals surface area contributed by atoms with Crippen molar-refractivity contribution in [1.29, 1.82) is 0 Å². The summed E-state index contributed by atoms with van der Waals surface area (Å²) in [4.78, 5) is 15.2. The number of nitrogens with zero attached hydrogens (tertiary/aromatic N) is 1. The predicted octanol–water partition coefficient (Wildman–Crippen LogP) is 2.27. The van der Waals surface area contributed by atoms with Gasteiger partial charge in [0.05, 0.1) is 0 Å². The van der Waals surface area contributed by atoms with Gasteiger partial charge in [-0.25, -0.2) is 0 Å². The van der Waals surface area contributed by atoms with E-state index in [1.807, 2.05) is 24.3 Å². The number of rotatable bonds is 2.